The summed E-state index contributed by atoms with van der Waals surface area (Å²) in [4.78, 5) is 25.8. The van der Waals surface area contributed by atoms with Crippen LogP contribution < -0.4 is 21.7 Å². The van der Waals surface area contributed by atoms with Crippen LogP contribution in [0.25, 0.3) is 0 Å². The molecule has 0 amide bonds. The van der Waals surface area contributed by atoms with Gasteiger partial charge >= 0.3 is 5.69 Å². The lowest BCUT2D eigenvalue weighted by atomic mass is 9.84. The number of H-pyrrole nitrogens is 2. The van der Waals surface area contributed by atoms with Gasteiger partial charge in [0, 0.05) is 18.8 Å². The minimum Gasteiger partial charge on any atom is -0.377 e. The summed E-state index contributed by atoms with van der Waals surface area (Å²) in [6.45, 7) is 2.23. The van der Waals surface area contributed by atoms with E-state index in [2.05, 4.69) is 9.71 Å². The smallest absolute Gasteiger partial charge is 0.325 e. The van der Waals surface area contributed by atoms with Crippen molar-refractivity contribution < 1.29 is 13.2 Å². The Morgan fingerprint density at radius 2 is 2.20 bits per heavy atom. The van der Waals surface area contributed by atoms with Gasteiger partial charge < -0.3 is 15.5 Å². The van der Waals surface area contributed by atoms with E-state index in [9.17, 15) is 18.0 Å². The van der Waals surface area contributed by atoms with Crippen LogP contribution in [-0.2, 0) is 14.8 Å². The molecule has 20 heavy (non-hydrogen) atoms. The number of nitrogens with two attached hydrogens (primary N) is 1. The standard InChI is InChI=1S/C10H16N4O5S/c1-2-19-6-3-5(11)8(6)14-20(17,18)7-4-12-10(16)13-9(7)15/h4-6,8,14H,2-3,11H2,1H3,(H2,12,13,15,16). The molecule has 10 heteroatoms. The van der Waals surface area contributed by atoms with Crippen LogP contribution in [-0.4, -0.2) is 43.2 Å². The Balaban J connectivity index is 2.23. The monoisotopic (exact) mass is 304 g/mol. The molecule has 1 aromatic heterocycles. The average molecular weight is 304 g/mol. The summed E-state index contributed by atoms with van der Waals surface area (Å²) < 4.78 is 31.9. The Morgan fingerprint density at radius 1 is 1.50 bits per heavy atom. The molecule has 2 rings (SSSR count). The van der Waals surface area contributed by atoms with Crippen molar-refractivity contribution in [1.82, 2.24) is 14.7 Å². The molecule has 112 valence electrons. The number of aromatic amines is 2. The summed E-state index contributed by atoms with van der Waals surface area (Å²) in [6, 6.07) is -0.963. The van der Waals surface area contributed by atoms with Gasteiger partial charge in [0.25, 0.3) is 5.56 Å². The number of rotatable bonds is 5. The molecule has 0 saturated heterocycles. The zero-order valence-electron chi connectivity index (χ0n) is 10.8. The van der Waals surface area contributed by atoms with E-state index in [0.717, 1.165) is 6.20 Å². The third kappa shape index (κ3) is 2.82. The van der Waals surface area contributed by atoms with Gasteiger partial charge in [0.1, 0.15) is 0 Å². The molecular weight excluding hydrogens is 288 g/mol. The van der Waals surface area contributed by atoms with Gasteiger partial charge in [-0.3, -0.25) is 9.78 Å². The Morgan fingerprint density at radius 3 is 2.75 bits per heavy atom. The molecule has 3 unspecified atom stereocenters. The van der Waals surface area contributed by atoms with Gasteiger partial charge in [-0.25, -0.2) is 17.9 Å². The van der Waals surface area contributed by atoms with Crippen LogP contribution in [0.3, 0.4) is 0 Å². The summed E-state index contributed by atoms with van der Waals surface area (Å²) >= 11 is 0. The van der Waals surface area contributed by atoms with Crippen LogP contribution in [0.15, 0.2) is 20.7 Å². The largest absolute Gasteiger partial charge is 0.377 e. The van der Waals surface area contributed by atoms with E-state index >= 15 is 0 Å². The van der Waals surface area contributed by atoms with Crippen LogP contribution in [0.5, 0.6) is 0 Å². The predicted molar refractivity (Wildman–Crippen MR) is 69.8 cm³/mol. The van der Waals surface area contributed by atoms with E-state index in [0.29, 0.717) is 13.0 Å². The fraction of sp³-hybridized carbons (Fsp3) is 0.600. The Bertz CT molecular complexity index is 692. The van der Waals surface area contributed by atoms with Gasteiger partial charge in [0.05, 0.1) is 12.1 Å². The highest BCUT2D eigenvalue weighted by molar-refractivity contribution is 7.89. The lowest BCUT2D eigenvalue weighted by Gasteiger charge is -2.41. The second kappa shape index (κ2) is 5.48. The molecule has 1 aliphatic rings. The van der Waals surface area contributed by atoms with Crippen molar-refractivity contribution >= 4 is 10.0 Å². The van der Waals surface area contributed by atoms with Crippen LogP contribution in [0, 0.1) is 0 Å². The second-order valence-corrected chi connectivity index (χ2v) is 6.16. The Hall–Kier alpha value is -1.49. The molecule has 1 aliphatic carbocycles. The molecule has 0 aliphatic heterocycles. The predicted octanol–water partition coefficient (Wildman–Crippen LogP) is -2.15. The van der Waals surface area contributed by atoms with Crippen molar-refractivity contribution in [2.24, 2.45) is 5.73 Å². The van der Waals surface area contributed by atoms with Gasteiger partial charge in [0.15, 0.2) is 4.90 Å². The molecule has 0 bridgehead atoms. The zero-order valence-corrected chi connectivity index (χ0v) is 11.6. The third-order valence-electron chi connectivity index (χ3n) is 3.11. The molecule has 1 saturated carbocycles. The summed E-state index contributed by atoms with van der Waals surface area (Å²) in [7, 11) is -4.08. The minimum atomic E-state index is -4.08. The van der Waals surface area contributed by atoms with Crippen molar-refractivity contribution in [3.05, 3.63) is 27.0 Å². The quantitative estimate of drug-likeness (QED) is 0.487. The molecule has 1 fully saturated rings. The summed E-state index contributed by atoms with van der Waals surface area (Å²) in [5.41, 5.74) is 3.98. The first-order valence-corrected chi connectivity index (χ1v) is 7.55. The van der Waals surface area contributed by atoms with Crippen molar-refractivity contribution in [2.75, 3.05) is 6.61 Å². The van der Waals surface area contributed by atoms with Crippen molar-refractivity contribution in [3.8, 4) is 0 Å². The van der Waals surface area contributed by atoms with Crippen molar-refractivity contribution in [2.45, 2.75) is 36.4 Å². The summed E-state index contributed by atoms with van der Waals surface area (Å²) in [5.74, 6) is 0. The van der Waals surface area contributed by atoms with E-state index in [1.54, 1.807) is 6.92 Å². The topological polar surface area (TPSA) is 147 Å². The van der Waals surface area contributed by atoms with Crippen LogP contribution in [0.4, 0.5) is 0 Å². The first-order chi connectivity index (χ1) is 9.35. The Labute approximate surface area is 114 Å². The van der Waals surface area contributed by atoms with Gasteiger partial charge in [-0.15, -0.1) is 0 Å². The van der Waals surface area contributed by atoms with Crippen LogP contribution in [0.2, 0.25) is 0 Å². The number of nitrogens with one attached hydrogen (secondary N) is 3. The second-order valence-electron chi connectivity index (χ2n) is 4.48. The maximum absolute atomic E-state index is 12.1. The van der Waals surface area contributed by atoms with E-state index in [1.807, 2.05) is 4.98 Å². The number of aromatic nitrogens is 2. The molecular formula is C10H16N4O5S. The maximum Gasteiger partial charge on any atom is 0.325 e. The van der Waals surface area contributed by atoms with E-state index in [4.69, 9.17) is 10.5 Å². The molecule has 0 aromatic carbocycles. The van der Waals surface area contributed by atoms with Gasteiger partial charge in [-0.05, 0) is 13.3 Å². The third-order valence-corrected chi connectivity index (χ3v) is 4.58. The molecule has 5 N–H and O–H groups in total. The summed E-state index contributed by atoms with van der Waals surface area (Å²) in [5, 5.41) is 0. The molecule has 0 spiro atoms. The number of hydrogen-bond donors (Lipinski definition) is 4. The van der Waals surface area contributed by atoms with Crippen LogP contribution in [0.1, 0.15) is 13.3 Å². The highest BCUT2D eigenvalue weighted by Crippen LogP contribution is 2.23. The highest BCUT2D eigenvalue weighted by atomic mass is 32.2. The average Bonchev–Trinajstić information content (AvgIpc) is 2.35. The number of sulfonamides is 1. The number of hydrogen-bond acceptors (Lipinski definition) is 6. The van der Waals surface area contributed by atoms with E-state index in [-0.39, 0.29) is 12.1 Å². The first kappa shape index (κ1) is 14.9. The molecule has 0 radical (unpaired) electrons. The fourth-order valence-corrected chi connectivity index (χ4v) is 3.35. The molecule has 9 nitrogen and oxygen atoms in total. The van der Waals surface area contributed by atoms with Crippen molar-refractivity contribution in [3.63, 3.8) is 0 Å². The lowest BCUT2D eigenvalue weighted by Crippen LogP contribution is -2.64. The van der Waals surface area contributed by atoms with E-state index < -0.39 is 32.2 Å². The van der Waals surface area contributed by atoms with Gasteiger partial charge in [0.2, 0.25) is 10.0 Å². The van der Waals surface area contributed by atoms with Gasteiger partial charge in [-0.1, -0.05) is 0 Å². The molecule has 3 atom stereocenters. The lowest BCUT2D eigenvalue weighted by molar-refractivity contribution is -0.0248. The Kier molecular flexibility index (Phi) is 4.09. The normalized spacial score (nSPS) is 26.2. The van der Waals surface area contributed by atoms with Gasteiger partial charge in [-0.2, -0.15) is 0 Å². The molecule has 1 heterocycles. The fourth-order valence-electron chi connectivity index (χ4n) is 2.03. The highest BCUT2D eigenvalue weighted by Gasteiger charge is 2.42. The van der Waals surface area contributed by atoms with E-state index in [1.165, 1.54) is 0 Å². The van der Waals surface area contributed by atoms with Crippen LogP contribution >= 0.6 is 0 Å². The number of ether oxygens (including phenoxy) is 1. The maximum atomic E-state index is 12.1. The zero-order chi connectivity index (χ0) is 14.9. The molecule has 1 aromatic rings. The van der Waals surface area contributed by atoms with Crippen molar-refractivity contribution in [1.29, 1.82) is 0 Å². The SMILES string of the molecule is CCOC1CC(N)C1NS(=O)(=O)c1c[nH]c(=O)[nH]c1=O. The summed E-state index contributed by atoms with van der Waals surface area (Å²) in [6.07, 6.45) is 1.08. The minimum absolute atomic E-state index is 0.313. The first-order valence-electron chi connectivity index (χ1n) is 6.06.